The second-order valence-electron chi connectivity index (χ2n) is 4.08. The Bertz CT molecular complexity index is 694. The third-order valence-electron chi connectivity index (χ3n) is 2.70. The van der Waals surface area contributed by atoms with Gasteiger partial charge in [0.15, 0.2) is 11.4 Å². The minimum Gasteiger partial charge on any atom is -0.461 e. The van der Waals surface area contributed by atoms with Crippen LogP contribution in [0.25, 0.3) is 5.69 Å². The van der Waals surface area contributed by atoms with Crippen molar-refractivity contribution in [3.8, 4) is 5.69 Å². The largest absolute Gasteiger partial charge is 0.461 e. The van der Waals surface area contributed by atoms with Crippen molar-refractivity contribution < 1.29 is 14.3 Å². The number of benzene rings is 1. The first-order chi connectivity index (χ1) is 9.95. The highest BCUT2D eigenvalue weighted by Crippen LogP contribution is 2.23. The van der Waals surface area contributed by atoms with E-state index >= 15 is 0 Å². The first-order valence-corrected chi connectivity index (χ1v) is 6.44. The van der Waals surface area contributed by atoms with E-state index in [0.717, 1.165) is 0 Å². The van der Waals surface area contributed by atoms with Gasteiger partial charge in [-0.25, -0.2) is 9.48 Å². The second-order valence-corrected chi connectivity index (χ2v) is 4.52. The van der Waals surface area contributed by atoms with E-state index in [9.17, 15) is 9.59 Å². The summed E-state index contributed by atoms with van der Waals surface area (Å²) in [5, 5.41) is 4.51. The Labute approximate surface area is 125 Å². The fourth-order valence-electron chi connectivity index (χ4n) is 1.78. The van der Waals surface area contributed by atoms with E-state index in [1.165, 1.54) is 4.68 Å². The molecule has 0 unspecified atom stereocenters. The summed E-state index contributed by atoms with van der Waals surface area (Å²) in [4.78, 5) is 23.4. The third kappa shape index (κ3) is 2.82. The first kappa shape index (κ1) is 14.9. The average molecular weight is 309 g/mol. The third-order valence-corrected chi connectivity index (χ3v) is 2.95. The van der Waals surface area contributed by atoms with Gasteiger partial charge in [-0.1, -0.05) is 11.6 Å². The zero-order valence-electron chi connectivity index (χ0n) is 11.2. The van der Waals surface area contributed by atoms with Crippen molar-refractivity contribution in [2.75, 3.05) is 12.3 Å². The van der Waals surface area contributed by atoms with Crippen LogP contribution in [0.15, 0.2) is 24.3 Å². The minimum absolute atomic E-state index is 0.0482. The number of aromatic nitrogens is 2. The lowest BCUT2D eigenvalue weighted by Gasteiger charge is -2.07. The van der Waals surface area contributed by atoms with Gasteiger partial charge in [-0.2, -0.15) is 5.10 Å². The Balaban J connectivity index is 2.63. The number of hydrogen-bond acceptors (Lipinski definition) is 5. The predicted molar refractivity (Wildman–Crippen MR) is 77.5 cm³/mol. The summed E-state index contributed by atoms with van der Waals surface area (Å²) < 4.78 is 6.14. The molecule has 8 heteroatoms. The number of primary amides is 1. The second kappa shape index (κ2) is 5.84. The Morgan fingerprint density at radius 1 is 1.33 bits per heavy atom. The van der Waals surface area contributed by atoms with Crippen LogP contribution in [-0.2, 0) is 4.74 Å². The molecule has 0 aliphatic heterocycles. The van der Waals surface area contributed by atoms with Gasteiger partial charge >= 0.3 is 5.97 Å². The van der Waals surface area contributed by atoms with Crippen molar-refractivity contribution in [3.63, 3.8) is 0 Å². The zero-order chi connectivity index (χ0) is 15.6. The molecule has 0 atom stereocenters. The topological polar surface area (TPSA) is 113 Å². The van der Waals surface area contributed by atoms with E-state index in [0.29, 0.717) is 10.7 Å². The predicted octanol–water partition coefficient (Wildman–Crippen LogP) is 1.38. The molecule has 0 spiro atoms. The summed E-state index contributed by atoms with van der Waals surface area (Å²) in [6.45, 7) is 1.82. The van der Waals surface area contributed by atoms with E-state index in [1.54, 1.807) is 31.2 Å². The van der Waals surface area contributed by atoms with Crippen LogP contribution in [0.3, 0.4) is 0 Å². The standard InChI is InChI=1S/C13H13ClN4O3/c1-2-21-13(20)11-9(15)10(12(16)19)17-18(11)8-5-3-7(14)4-6-8/h3-6H,2,15H2,1H3,(H2,16,19). The van der Waals surface area contributed by atoms with Crippen molar-refractivity contribution in [2.24, 2.45) is 5.73 Å². The smallest absolute Gasteiger partial charge is 0.359 e. The van der Waals surface area contributed by atoms with Gasteiger partial charge in [-0.15, -0.1) is 0 Å². The number of nitrogen functional groups attached to an aromatic ring is 1. The van der Waals surface area contributed by atoms with Crippen molar-refractivity contribution in [2.45, 2.75) is 6.92 Å². The highest BCUT2D eigenvalue weighted by molar-refractivity contribution is 6.30. The number of ether oxygens (including phenoxy) is 1. The number of nitrogens with two attached hydrogens (primary N) is 2. The van der Waals surface area contributed by atoms with Crippen molar-refractivity contribution in [1.82, 2.24) is 9.78 Å². The lowest BCUT2D eigenvalue weighted by Crippen LogP contribution is -2.14. The number of carbonyl (C=O) groups is 2. The summed E-state index contributed by atoms with van der Waals surface area (Å²) in [6.07, 6.45) is 0. The van der Waals surface area contributed by atoms with Crippen LogP contribution in [0.1, 0.15) is 27.9 Å². The number of anilines is 1. The van der Waals surface area contributed by atoms with Crippen molar-refractivity contribution in [1.29, 1.82) is 0 Å². The Kier molecular flexibility index (Phi) is 4.13. The van der Waals surface area contributed by atoms with Crippen LogP contribution in [0, 0.1) is 0 Å². The quantitative estimate of drug-likeness (QED) is 0.828. The molecular formula is C13H13ClN4O3. The van der Waals surface area contributed by atoms with Crippen LogP contribution in [-0.4, -0.2) is 28.3 Å². The van der Waals surface area contributed by atoms with Crippen LogP contribution in [0.2, 0.25) is 5.02 Å². The summed E-state index contributed by atoms with van der Waals surface area (Å²) >= 11 is 5.82. The van der Waals surface area contributed by atoms with Gasteiger partial charge in [0.2, 0.25) is 0 Å². The van der Waals surface area contributed by atoms with E-state index in [-0.39, 0.29) is 23.7 Å². The van der Waals surface area contributed by atoms with Gasteiger partial charge in [0.1, 0.15) is 0 Å². The molecule has 2 aromatic rings. The fraction of sp³-hybridized carbons (Fsp3) is 0.154. The zero-order valence-corrected chi connectivity index (χ0v) is 11.9. The molecule has 4 N–H and O–H groups in total. The Morgan fingerprint density at radius 2 is 1.95 bits per heavy atom. The monoisotopic (exact) mass is 308 g/mol. The maximum Gasteiger partial charge on any atom is 0.359 e. The SMILES string of the molecule is CCOC(=O)c1c(N)c(C(N)=O)nn1-c1ccc(Cl)cc1. The normalized spacial score (nSPS) is 10.4. The van der Waals surface area contributed by atoms with E-state index in [4.69, 9.17) is 27.8 Å². The van der Waals surface area contributed by atoms with Gasteiger partial charge in [-0.3, -0.25) is 4.79 Å². The molecule has 1 heterocycles. The number of nitrogens with zero attached hydrogens (tertiary/aromatic N) is 2. The van der Waals surface area contributed by atoms with Crippen LogP contribution >= 0.6 is 11.6 Å². The Hall–Kier alpha value is -2.54. The van der Waals surface area contributed by atoms with Gasteiger partial charge < -0.3 is 16.2 Å². The number of esters is 1. The van der Waals surface area contributed by atoms with Crippen molar-refractivity contribution in [3.05, 3.63) is 40.7 Å². The molecular weight excluding hydrogens is 296 g/mol. The van der Waals surface area contributed by atoms with E-state index < -0.39 is 11.9 Å². The van der Waals surface area contributed by atoms with Crippen LogP contribution < -0.4 is 11.5 Å². The van der Waals surface area contributed by atoms with Crippen LogP contribution in [0.5, 0.6) is 0 Å². The molecule has 0 saturated carbocycles. The summed E-state index contributed by atoms with van der Waals surface area (Å²) in [5.41, 5.74) is 11.1. The average Bonchev–Trinajstić information content (AvgIpc) is 2.77. The van der Waals surface area contributed by atoms with Crippen molar-refractivity contribution >= 4 is 29.2 Å². The molecule has 2 rings (SSSR count). The Morgan fingerprint density at radius 3 is 2.48 bits per heavy atom. The summed E-state index contributed by atoms with van der Waals surface area (Å²) in [5.74, 6) is -1.52. The number of halogens is 1. The molecule has 1 amide bonds. The molecule has 21 heavy (non-hydrogen) atoms. The highest BCUT2D eigenvalue weighted by Gasteiger charge is 2.26. The molecule has 0 radical (unpaired) electrons. The molecule has 1 aromatic heterocycles. The van der Waals surface area contributed by atoms with E-state index in [1.807, 2.05) is 0 Å². The van der Waals surface area contributed by atoms with E-state index in [2.05, 4.69) is 5.10 Å². The van der Waals surface area contributed by atoms with Gasteiger partial charge in [0, 0.05) is 5.02 Å². The molecule has 0 saturated heterocycles. The molecule has 7 nitrogen and oxygen atoms in total. The molecule has 110 valence electrons. The molecule has 0 fully saturated rings. The number of carbonyl (C=O) groups excluding carboxylic acids is 2. The van der Waals surface area contributed by atoms with Gasteiger partial charge in [0.25, 0.3) is 5.91 Å². The fourth-order valence-corrected chi connectivity index (χ4v) is 1.90. The number of rotatable bonds is 4. The molecule has 1 aromatic carbocycles. The maximum absolute atomic E-state index is 12.0. The van der Waals surface area contributed by atoms with Gasteiger partial charge in [-0.05, 0) is 31.2 Å². The lowest BCUT2D eigenvalue weighted by molar-refractivity contribution is 0.0517. The molecule has 0 aliphatic rings. The lowest BCUT2D eigenvalue weighted by atomic mass is 10.2. The van der Waals surface area contributed by atoms with Crippen LogP contribution in [0.4, 0.5) is 5.69 Å². The maximum atomic E-state index is 12.0. The summed E-state index contributed by atoms with van der Waals surface area (Å²) in [6, 6.07) is 6.49. The molecule has 0 aliphatic carbocycles. The molecule has 0 bridgehead atoms. The number of amides is 1. The highest BCUT2D eigenvalue weighted by atomic mass is 35.5. The first-order valence-electron chi connectivity index (χ1n) is 6.07. The number of hydrogen-bond donors (Lipinski definition) is 2. The minimum atomic E-state index is -0.828. The van der Waals surface area contributed by atoms with Gasteiger partial charge in [0.05, 0.1) is 18.0 Å². The summed E-state index contributed by atoms with van der Waals surface area (Å²) in [7, 11) is 0.